The molecular weight excluding hydrogens is 274 g/mol. The minimum atomic E-state index is 0.250. The maximum Gasteiger partial charge on any atom is 0.0874 e. The largest absolute Gasteiger partial charge is 0.398 e. The number of rotatable bonds is 3. The average molecular weight is 296 g/mol. The lowest BCUT2D eigenvalue weighted by Crippen LogP contribution is -2.48. The zero-order valence-corrected chi connectivity index (χ0v) is 12.6. The van der Waals surface area contributed by atoms with Crippen LogP contribution in [-0.4, -0.2) is 43.3 Å². The summed E-state index contributed by atoms with van der Waals surface area (Å²) in [5.41, 5.74) is 8.58. The Labute approximate surface area is 125 Å². The van der Waals surface area contributed by atoms with E-state index in [1.54, 1.807) is 0 Å². The molecule has 1 aromatic carbocycles. The first kappa shape index (κ1) is 14.0. The molecule has 110 valence electrons. The maximum absolute atomic E-state index is 6.08. The SMILES string of the molecule is Cc1cc(N)c(Cl)cc1NCC1CN2CCCC2CO1. The minimum Gasteiger partial charge on any atom is -0.398 e. The first-order valence-electron chi connectivity index (χ1n) is 7.28. The van der Waals surface area contributed by atoms with Crippen LogP contribution in [0.1, 0.15) is 18.4 Å². The van der Waals surface area contributed by atoms with Gasteiger partial charge in [-0.15, -0.1) is 0 Å². The lowest BCUT2D eigenvalue weighted by molar-refractivity contribution is -0.0415. The Morgan fingerprint density at radius 2 is 2.35 bits per heavy atom. The molecule has 2 aliphatic rings. The van der Waals surface area contributed by atoms with Crippen molar-refractivity contribution >= 4 is 23.0 Å². The molecule has 0 amide bonds. The number of aryl methyl sites for hydroxylation is 1. The van der Waals surface area contributed by atoms with Crippen LogP contribution in [0.3, 0.4) is 0 Å². The van der Waals surface area contributed by atoms with Crippen molar-refractivity contribution in [3.05, 3.63) is 22.7 Å². The van der Waals surface area contributed by atoms with Crippen LogP contribution in [0.4, 0.5) is 11.4 Å². The number of nitrogen functional groups attached to an aromatic ring is 1. The molecule has 2 saturated heterocycles. The van der Waals surface area contributed by atoms with Gasteiger partial charge in [-0.05, 0) is 44.0 Å². The Morgan fingerprint density at radius 1 is 1.50 bits per heavy atom. The van der Waals surface area contributed by atoms with Gasteiger partial charge in [-0.2, -0.15) is 0 Å². The van der Waals surface area contributed by atoms with Crippen LogP contribution in [0.15, 0.2) is 12.1 Å². The molecule has 2 unspecified atom stereocenters. The second-order valence-corrected chi connectivity index (χ2v) is 6.22. The van der Waals surface area contributed by atoms with E-state index in [-0.39, 0.29) is 6.10 Å². The minimum absolute atomic E-state index is 0.250. The van der Waals surface area contributed by atoms with E-state index in [0.29, 0.717) is 16.8 Å². The number of nitrogens with zero attached hydrogens (tertiary/aromatic N) is 1. The first-order chi connectivity index (χ1) is 9.63. The van der Waals surface area contributed by atoms with Gasteiger partial charge in [-0.3, -0.25) is 4.90 Å². The molecule has 3 rings (SSSR count). The number of nitrogens with two attached hydrogens (primary N) is 1. The molecule has 3 N–H and O–H groups in total. The maximum atomic E-state index is 6.08. The van der Waals surface area contributed by atoms with E-state index in [2.05, 4.69) is 10.2 Å². The van der Waals surface area contributed by atoms with Gasteiger partial charge in [0, 0.05) is 24.8 Å². The van der Waals surface area contributed by atoms with E-state index in [9.17, 15) is 0 Å². The zero-order valence-electron chi connectivity index (χ0n) is 11.9. The van der Waals surface area contributed by atoms with Gasteiger partial charge in [0.25, 0.3) is 0 Å². The van der Waals surface area contributed by atoms with Gasteiger partial charge in [-0.25, -0.2) is 0 Å². The smallest absolute Gasteiger partial charge is 0.0874 e. The number of morpholine rings is 1. The lowest BCUT2D eigenvalue weighted by atomic mass is 10.1. The lowest BCUT2D eigenvalue weighted by Gasteiger charge is -2.35. The predicted molar refractivity (Wildman–Crippen MR) is 83.4 cm³/mol. The molecule has 0 aromatic heterocycles. The predicted octanol–water partition coefficient (Wildman–Crippen LogP) is 2.51. The summed E-state index contributed by atoms with van der Waals surface area (Å²) in [7, 11) is 0. The third-order valence-corrected chi connectivity index (χ3v) is 4.65. The summed E-state index contributed by atoms with van der Waals surface area (Å²) in [4.78, 5) is 2.55. The topological polar surface area (TPSA) is 50.5 Å². The molecule has 1 aromatic rings. The number of fused-ring (bicyclic) bond motifs is 1. The standard InChI is InChI=1S/C15H22ClN3O/c1-10-5-14(17)13(16)6-15(10)18-7-12-8-19-4-2-3-11(19)9-20-12/h5-6,11-12,18H,2-4,7-9,17H2,1H3. The van der Waals surface area contributed by atoms with E-state index < -0.39 is 0 Å². The van der Waals surface area contributed by atoms with E-state index in [0.717, 1.165) is 30.9 Å². The highest BCUT2D eigenvalue weighted by Crippen LogP contribution is 2.27. The summed E-state index contributed by atoms with van der Waals surface area (Å²) in [6, 6.07) is 4.45. The fourth-order valence-electron chi connectivity index (χ4n) is 3.13. The monoisotopic (exact) mass is 295 g/mol. The van der Waals surface area contributed by atoms with Gasteiger partial charge < -0.3 is 15.8 Å². The van der Waals surface area contributed by atoms with E-state index >= 15 is 0 Å². The number of benzene rings is 1. The number of hydrogen-bond acceptors (Lipinski definition) is 4. The summed E-state index contributed by atoms with van der Waals surface area (Å²) < 4.78 is 5.95. The Kier molecular flexibility index (Phi) is 4.06. The van der Waals surface area contributed by atoms with Gasteiger partial charge in [0.1, 0.15) is 0 Å². The molecule has 0 bridgehead atoms. The van der Waals surface area contributed by atoms with E-state index in [1.165, 1.54) is 19.4 Å². The fourth-order valence-corrected chi connectivity index (χ4v) is 3.29. The molecule has 0 radical (unpaired) electrons. The van der Waals surface area contributed by atoms with Crippen molar-refractivity contribution < 1.29 is 4.74 Å². The number of halogens is 1. The molecule has 2 heterocycles. The summed E-state index contributed by atoms with van der Waals surface area (Å²) >= 11 is 6.08. The third-order valence-electron chi connectivity index (χ3n) is 4.33. The number of hydrogen-bond donors (Lipinski definition) is 2. The summed E-state index contributed by atoms with van der Waals surface area (Å²) in [6.45, 7) is 5.96. The van der Waals surface area contributed by atoms with Crippen LogP contribution in [-0.2, 0) is 4.74 Å². The van der Waals surface area contributed by atoms with Gasteiger partial charge in [0.15, 0.2) is 0 Å². The first-order valence-corrected chi connectivity index (χ1v) is 7.66. The molecule has 0 aliphatic carbocycles. The second kappa shape index (κ2) is 5.80. The van der Waals surface area contributed by atoms with Crippen LogP contribution >= 0.6 is 11.6 Å². The van der Waals surface area contributed by atoms with Crippen LogP contribution in [0.25, 0.3) is 0 Å². The van der Waals surface area contributed by atoms with Crippen LogP contribution < -0.4 is 11.1 Å². The Hall–Kier alpha value is -0.970. The Balaban J connectivity index is 1.58. The normalized spacial score (nSPS) is 26.5. The second-order valence-electron chi connectivity index (χ2n) is 5.82. The van der Waals surface area contributed by atoms with Crippen molar-refractivity contribution in [3.8, 4) is 0 Å². The Morgan fingerprint density at radius 3 is 3.20 bits per heavy atom. The zero-order chi connectivity index (χ0) is 14.1. The molecule has 2 atom stereocenters. The Bertz CT molecular complexity index is 494. The molecule has 2 aliphatic heterocycles. The molecule has 20 heavy (non-hydrogen) atoms. The molecular formula is C15H22ClN3O. The molecule has 5 heteroatoms. The van der Waals surface area contributed by atoms with Gasteiger partial charge >= 0.3 is 0 Å². The average Bonchev–Trinajstić information content (AvgIpc) is 2.89. The number of anilines is 2. The molecule has 0 saturated carbocycles. The highest BCUT2D eigenvalue weighted by atomic mass is 35.5. The molecule has 4 nitrogen and oxygen atoms in total. The fraction of sp³-hybridized carbons (Fsp3) is 0.600. The van der Waals surface area contributed by atoms with Crippen LogP contribution in [0.5, 0.6) is 0 Å². The third kappa shape index (κ3) is 2.87. The summed E-state index contributed by atoms with van der Waals surface area (Å²) in [6.07, 6.45) is 2.84. The van der Waals surface area contributed by atoms with Crippen molar-refractivity contribution in [2.75, 3.05) is 37.3 Å². The van der Waals surface area contributed by atoms with Crippen molar-refractivity contribution in [2.24, 2.45) is 0 Å². The highest BCUT2D eigenvalue weighted by molar-refractivity contribution is 6.33. The van der Waals surface area contributed by atoms with Crippen molar-refractivity contribution in [3.63, 3.8) is 0 Å². The van der Waals surface area contributed by atoms with E-state index in [4.69, 9.17) is 22.1 Å². The molecule has 2 fully saturated rings. The molecule has 0 spiro atoms. The van der Waals surface area contributed by atoms with Gasteiger partial charge in [-0.1, -0.05) is 11.6 Å². The van der Waals surface area contributed by atoms with Crippen LogP contribution in [0.2, 0.25) is 5.02 Å². The summed E-state index contributed by atoms with van der Waals surface area (Å²) in [5.74, 6) is 0. The highest BCUT2D eigenvalue weighted by Gasteiger charge is 2.31. The van der Waals surface area contributed by atoms with E-state index in [1.807, 2.05) is 19.1 Å². The van der Waals surface area contributed by atoms with Crippen molar-refractivity contribution in [1.82, 2.24) is 4.90 Å². The van der Waals surface area contributed by atoms with Crippen molar-refractivity contribution in [2.45, 2.75) is 31.9 Å². The van der Waals surface area contributed by atoms with Gasteiger partial charge in [0.2, 0.25) is 0 Å². The number of nitrogens with one attached hydrogen (secondary N) is 1. The van der Waals surface area contributed by atoms with Crippen molar-refractivity contribution in [1.29, 1.82) is 0 Å². The van der Waals surface area contributed by atoms with Gasteiger partial charge in [0.05, 0.1) is 23.4 Å². The quantitative estimate of drug-likeness (QED) is 0.841. The summed E-state index contributed by atoms with van der Waals surface area (Å²) in [5, 5.41) is 4.04. The van der Waals surface area contributed by atoms with Crippen LogP contribution in [0, 0.1) is 6.92 Å². The number of ether oxygens (including phenoxy) is 1.